The normalized spacial score (nSPS) is 30.7. The second kappa shape index (κ2) is 9.12. The van der Waals surface area contributed by atoms with Gasteiger partial charge in [0.2, 0.25) is 5.91 Å². The lowest BCUT2D eigenvalue weighted by Crippen LogP contribution is -2.46. The van der Waals surface area contributed by atoms with E-state index >= 15 is 0 Å². The fourth-order valence-electron chi connectivity index (χ4n) is 4.37. The third-order valence-electron chi connectivity index (χ3n) is 5.90. The van der Waals surface area contributed by atoms with Gasteiger partial charge in [-0.1, -0.05) is 12.8 Å². The average molecular weight is 416 g/mol. The van der Waals surface area contributed by atoms with Crippen molar-refractivity contribution in [3.8, 4) is 0 Å². The summed E-state index contributed by atoms with van der Waals surface area (Å²) >= 11 is 0. The third kappa shape index (κ3) is 4.85. The van der Waals surface area contributed by atoms with Gasteiger partial charge in [-0.3, -0.25) is 4.79 Å². The molecular weight excluding hydrogens is 388 g/mol. The van der Waals surface area contributed by atoms with Gasteiger partial charge < -0.3 is 10.6 Å². The summed E-state index contributed by atoms with van der Waals surface area (Å²) in [7, 11) is -4.48. The van der Waals surface area contributed by atoms with Gasteiger partial charge in [0.15, 0.2) is 0 Å². The molecule has 3 unspecified atom stereocenters. The number of rotatable bonds is 5. The van der Waals surface area contributed by atoms with Gasteiger partial charge in [-0.25, -0.2) is 8.42 Å². The third-order valence-corrected chi connectivity index (χ3v) is 7.44. The molecule has 0 bridgehead atoms. The molecular formula is C16H28ClF2N3O3S. The highest BCUT2D eigenvalue weighted by molar-refractivity contribution is 7.89. The predicted octanol–water partition coefficient (Wildman–Crippen LogP) is 1.71. The average Bonchev–Trinajstić information content (AvgIpc) is 3.04. The van der Waals surface area contributed by atoms with Crippen LogP contribution in [-0.2, 0) is 14.8 Å². The molecule has 1 saturated carbocycles. The summed E-state index contributed by atoms with van der Waals surface area (Å²) in [5.74, 6) is -2.61. The summed E-state index contributed by atoms with van der Waals surface area (Å²) in [4.78, 5) is 12.4. The van der Waals surface area contributed by atoms with Gasteiger partial charge in [-0.15, -0.1) is 12.4 Å². The Balaban J connectivity index is 0.00000243. The monoisotopic (exact) mass is 415 g/mol. The Kier molecular flexibility index (Phi) is 7.64. The van der Waals surface area contributed by atoms with Crippen LogP contribution in [0.3, 0.4) is 0 Å². The quantitative estimate of drug-likeness (QED) is 0.716. The van der Waals surface area contributed by atoms with Crippen LogP contribution in [0.15, 0.2) is 0 Å². The summed E-state index contributed by atoms with van der Waals surface area (Å²) in [6, 6.07) is 0.333. The van der Waals surface area contributed by atoms with Crippen molar-refractivity contribution >= 4 is 28.3 Å². The molecule has 0 aromatic rings. The fourth-order valence-corrected chi connectivity index (χ4v) is 5.31. The largest absolute Gasteiger partial charge is 0.354 e. The first-order chi connectivity index (χ1) is 11.9. The van der Waals surface area contributed by atoms with E-state index in [1.54, 1.807) is 0 Å². The van der Waals surface area contributed by atoms with Crippen LogP contribution in [0.5, 0.6) is 0 Å². The number of fused-ring (bicyclic) bond motifs is 1. The molecule has 10 heteroatoms. The molecule has 152 valence electrons. The lowest BCUT2D eigenvalue weighted by molar-refractivity contribution is -0.123. The second-order valence-corrected chi connectivity index (χ2v) is 9.40. The number of halogens is 3. The number of carbonyl (C=O) groups is 1. The minimum atomic E-state index is -4.48. The van der Waals surface area contributed by atoms with Crippen LogP contribution in [0, 0.1) is 11.8 Å². The van der Waals surface area contributed by atoms with E-state index in [1.165, 1.54) is 19.3 Å². The molecule has 2 heterocycles. The van der Waals surface area contributed by atoms with Gasteiger partial charge in [-0.05, 0) is 43.9 Å². The molecule has 3 fully saturated rings. The van der Waals surface area contributed by atoms with Crippen molar-refractivity contribution in [1.82, 2.24) is 14.9 Å². The Labute approximate surface area is 159 Å². The molecule has 3 aliphatic rings. The molecule has 0 spiro atoms. The highest BCUT2D eigenvalue weighted by Gasteiger charge is 2.38. The number of nitrogens with zero attached hydrogens (tertiary/aromatic N) is 1. The van der Waals surface area contributed by atoms with Gasteiger partial charge in [0.25, 0.3) is 10.0 Å². The maximum Gasteiger partial charge on any atom is 0.350 e. The first kappa shape index (κ1) is 21.8. The second-order valence-electron chi connectivity index (χ2n) is 7.50. The van der Waals surface area contributed by atoms with E-state index in [9.17, 15) is 22.0 Å². The molecule has 6 nitrogen and oxygen atoms in total. The standard InChI is InChI=1S/C16H27F2N3O3S.ClH/c17-16(18)25(23,24)21-7-5-11(6-8-21)10-19-15(22)14-9-12-3-1-2-4-13(12)20-14;/h11-14,16,20H,1-10H2,(H,19,22);1H. The van der Waals surface area contributed by atoms with Crippen LogP contribution in [-0.4, -0.2) is 56.1 Å². The Morgan fingerprint density at radius 1 is 1.15 bits per heavy atom. The van der Waals surface area contributed by atoms with Crippen LogP contribution in [0.25, 0.3) is 0 Å². The van der Waals surface area contributed by atoms with Gasteiger partial charge in [0.05, 0.1) is 6.04 Å². The molecule has 3 atom stereocenters. The van der Waals surface area contributed by atoms with E-state index in [2.05, 4.69) is 10.6 Å². The lowest BCUT2D eigenvalue weighted by atomic mass is 9.85. The Morgan fingerprint density at radius 3 is 2.42 bits per heavy atom. The van der Waals surface area contributed by atoms with Crippen molar-refractivity contribution in [3.63, 3.8) is 0 Å². The van der Waals surface area contributed by atoms with Crippen molar-refractivity contribution in [2.24, 2.45) is 11.8 Å². The molecule has 2 aliphatic heterocycles. The number of sulfonamides is 1. The fraction of sp³-hybridized carbons (Fsp3) is 0.938. The van der Waals surface area contributed by atoms with E-state index in [4.69, 9.17) is 0 Å². The Bertz CT molecular complexity index is 571. The Hall–Kier alpha value is -0.510. The lowest BCUT2D eigenvalue weighted by Gasteiger charge is -2.31. The topological polar surface area (TPSA) is 78.5 Å². The van der Waals surface area contributed by atoms with E-state index in [1.807, 2.05) is 0 Å². The zero-order valence-corrected chi connectivity index (χ0v) is 16.3. The Morgan fingerprint density at radius 2 is 1.81 bits per heavy atom. The van der Waals surface area contributed by atoms with Gasteiger partial charge in [0, 0.05) is 25.7 Å². The van der Waals surface area contributed by atoms with Crippen molar-refractivity contribution in [2.75, 3.05) is 19.6 Å². The summed E-state index contributed by atoms with van der Waals surface area (Å²) in [6.45, 7) is 0.674. The van der Waals surface area contributed by atoms with Crippen molar-refractivity contribution < 1.29 is 22.0 Å². The van der Waals surface area contributed by atoms with E-state index in [0.29, 0.717) is 31.3 Å². The number of hydrogen-bond acceptors (Lipinski definition) is 4. The van der Waals surface area contributed by atoms with Crippen LogP contribution in [0.4, 0.5) is 8.78 Å². The minimum absolute atomic E-state index is 0. The summed E-state index contributed by atoms with van der Waals surface area (Å²) in [5.41, 5.74) is 0. The van der Waals surface area contributed by atoms with Crippen LogP contribution < -0.4 is 10.6 Å². The minimum Gasteiger partial charge on any atom is -0.354 e. The molecule has 26 heavy (non-hydrogen) atoms. The maximum absolute atomic E-state index is 12.6. The molecule has 2 N–H and O–H groups in total. The zero-order valence-electron chi connectivity index (χ0n) is 14.7. The van der Waals surface area contributed by atoms with Crippen molar-refractivity contribution in [1.29, 1.82) is 0 Å². The number of nitrogens with one attached hydrogen (secondary N) is 2. The zero-order chi connectivity index (χ0) is 18.0. The number of hydrogen-bond donors (Lipinski definition) is 2. The first-order valence-electron chi connectivity index (χ1n) is 9.19. The molecule has 2 saturated heterocycles. The van der Waals surface area contributed by atoms with Crippen LogP contribution in [0.1, 0.15) is 44.9 Å². The first-order valence-corrected chi connectivity index (χ1v) is 10.7. The van der Waals surface area contributed by atoms with E-state index < -0.39 is 15.8 Å². The maximum atomic E-state index is 12.6. The highest BCUT2D eigenvalue weighted by Crippen LogP contribution is 2.33. The van der Waals surface area contributed by atoms with Crippen LogP contribution >= 0.6 is 12.4 Å². The SMILES string of the molecule is Cl.O=C(NCC1CCN(S(=O)(=O)C(F)F)CC1)C1CC2CCCCC2N1. The number of alkyl halides is 2. The number of piperidine rings is 1. The molecule has 0 radical (unpaired) electrons. The van der Waals surface area contributed by atoms with Crippen molar-refractivity contribution in [2.45, 2.75) is 62.8 Å². The van der Waals surface area contributed by atoms with Gasteiger partial charge >= 0.3 is 5.76 Å². The summed E-state index contributed by atoms with van der Waals surface area (Å²) < 4.78 is 48.9. The number of carbonyl (C=O) groups excluding carboxylic acids is 1. The molecule has 1 amide bonds. The molecule has 0 aromatic carbocycles. The summed E-state index contributed by atoms with van der Waals surface area (Å²) in [5, 5.41) is 6.40. The summed E-state index contributed by atoms with van der Waals surface area (Å²) in [6.07, 6.45) is 6.69. The number of amides is 1. The van der Waals surface area contributed by atoms with Gasteiger partial charge in [-0.2, -0.15) is 13.1 Å². The molecule has 3 rings (SSSR count). The van der Waals surface area contributed by atoms with Gasteiger partial charge in [0.1, 0.15) is 0 Å². The van der Waals surface area contributed by atoms with E-state index in [-0.39, 0.29) is 43.4 Å². The molecule has 0 aromatic heterocycles. The van der Waals surface area contributed by atoms with Crippen molar-refractivity contribution in [3.05, 3.63) is 0 Å². The molecule has 1 aliphatic carbocycles. The highest BCUT2D eigenvalue weighted by atomic mass is 35.5. The van der Waals surface area contributed by atoms with E-state index in [0.717, 1.165) is 17.1 Å². The van der Waals surface area contributed by atoms with Crippen LogP contribution in [0.2, 0.25) is 0 Å². The smallest absolute Gasteiger partial charge is 0.350 e. The predicted molar refractivity (Wildman–Crippen MR) is 96.8 cm³/mol.